The molecule has 2 aliphatic rings. The summed E-state index contributed by atoms with van der Waals surface area (Å²) in [6.45, 7) is 12.1. The Morgan fingerprint density at radius 2 is 0.631 bits per heavy atom. The molecule has 0 unspecified atom stereocenters. The number of Topliss-reactive ketones (excluding diaryl/α,β-unsaturated/α-hetero) is 4. The molecular weight excluding hydrogens is 1060 g/mol. The number of rotatable bonds is 36. The largest absolute Gasteiger partial charge is 0.493 e. The molecule has 2 aliphatic carbocycles. The smallest absolute Gasteiger partial charge is 0.251 e. The second kappa shape index (κ2) is 29.9. The van der Waals surface area contributed by atoms with Crippen LogP contribution in [0.5, 0.6) is 23.0 Å². The van der Waals surface area contributed by atoms with Gasteiger partial charge in [-0.2, -0.15) is 0 Å². The minimum atomic E-state index is -1.10. The zero-order chi connectivity index (χ0) is 59.0. The van der Waals surface area contributed by atoms with Gasteiger partial charge in [0.1, 0.15) is 35.1 Å². The number of fused-ring (bicyclic) bond motifs is 2. The van der Waals surface area contributed by atoms with Gasteiger partial charge in [0.05, 0.1) is 26.4 Å². The fourth-order valence-corrected chi connectivity index (χ4v) is 11.8. The molecule has 0 saturated heterocycles. The van der Waals surface area contributed by atoms with E-state index in [-0.39, 0.29) is 34.9 Å². The number of hydrogen-bond donors (Lipinski definition) is 4. The van der Waals surface area contributed by atoms with Crippen molar-refractivity contribution in [3.63, 3.8) is 0 Å². The summed E-state index contributed by atoms with van der Waals surface area (Å²) in [5.74, 6) is 0.569. The molecule has 444 valence electrons. The molecular formula is C70H84N4O10. The molecule has 84 heavy (non-hydrogen) atoms. The lowest BCUT2D eigenvalue weighted by molar-refractivity contribution is 0.0818. The van der Waals surface area contributed by atoms with Gasteiger partial charge in [0.2, 0.25) is 0 Å². The standard InChI is InChI=1S/C70H84N4O10/c1-5-9-13-17-35-81-47-39-45(40-48(43-47)82-36-18-14-10-6-2)69(79)73-33-21-31-71-63-65(75)55-27-23-51-53-25-29-57-62-58(30-26-54(60(53)62)52-24-28-56(66(63)76)61(55)59(51)52)68(78)64(67(57)77)72-32-22-34-74-70(80)46-41-49(83-37-19-15-11-7-3)44-50(42-46)84-38-20-16-12-8-4/h23-30,39-44,63-64,71-72H,5-22,31-38H2,1-4H3,(H,73,79)(H,74,80). The molecule has 9 rings (SSSR count). The van der Waals surface area contributed by atoms with Crippen LogP contribution < -0.4 is 40.2 Å². The van der Waals surface area contributed by atoms with Crippen LogP contribution in [0.3, 0.4) is 0 Å². The Hall–Kier alpha value is -7.42. The summed E-state index contributed by atoms with van der Waals surface area (Å²) in [5, 5.41) is 18.4. The summed E-state index contributed by atoms with van der Waals surface area (Å²) in [7, 11) is 0. The van der Waals surface area contributed by atoms with Crippen LogP contribution in [0.4, 0.5) is 0 Å². The zero-order valence-electron chi connectivity index (χ0n) is 49.7. The predicted octanol–water partition coefficient (Wildman–Crippen LogP) is 13.9. The van der Waals surface area contributed by atoms with Crippen LogP contribution >= 0.6 is 0 Å². The molecule has 0 saturated carbocycles. The van der Waals surface area contributed by atoms with E-state index in [1.54, 1.807) is 48.5 Å². The van der Waals surface area contributed by atoms with Crippen molar-refractivity contribution < 1.29 is 47.7 Å². The van der Waals surface area contributed by atoms with Gasteiger partial charge < -0.3 is 40.2 Å². The third kappa shape index (κ3) is 14.2. The van der Waals surface area contributed by atoms with Gasteiger partial charge in [-0.05, 0) is 108 Å². The molecule has 0 aromatic heterocycles. The number of carbonyl (C=O) groups excluding carboxylic acids is 6. The van der Waals surface area contributed by atoms with Gasteiger partial charge in [-0.3, -0.25) is 28.8 Å². The summed E-state index contributed by atoms with van der Waals surface area (Å²) in [6.07, 6.45) is 18.1. The highest BCUT2D eigenvalue weighted by Crippen LogP contribution is 2.46. The summed E-state index contributed by atoms with van der Waals surface area (Å²) >= 11 is 0. The first-order valence-corrected chi connectivity index (χ1v) is 31.3. The maximum absolute atomic E-state index is 14.3. The van der Waals surface area contributed by atoms with Gasteiger partial charge in [0.15, 0.2) is 23.1 Å². The number of ether oxygens (including phenoxy) is 4. The van der Waals surface area contributed by atoms with Gasteiger partial charge in [0, 0.05) is 69.4 Å². The first-order chi connectivity index (χ1) is 41.1. The van der Waals surface area contributed by atoms with Crippen LogP contribution in [0, 0.1) is 0 Å². The number of unbranched alkanes of at least 4 members (excludes halogenated alkanes) is 12. The van der Waals surface area contributed by atoms with E-state index in [9.17, 15) is 28.8 Å². The van der Waals surface area contributed by atoms with Crippen LogP contribution in [0.25, 0.3) is 43.1 Å². The summed E-state index contributed by atoms with van der Waals surface area (Å²) in [5.41, 5.74) is 2.66. The SMILES string of the molecule is CCCCCCOc1cc(OCCCCCC)cc(C(=O)NCCCNC2C(=O)c3ccc4c5ccc6c7c(ccc(c8ccc(c3c48)C2=O)c75)C(=O)C(NCCCNC(=O)c2cc(OCCCCCC)cc(OCCCCCC)c2)C6=O)c1. The van der Waals surface area contributed by atoms with Gasteiger partial charge >= 0.3 is 0 Å². The average Bonchev–Trinajstić information content (AvgIpc) is 0.788. The van der Waals surface area contributed by atoms with Gasteiger partial charge in [-0.15, -0.1) is 0 Å². The Labute approximate surface area is 494 Å². The lowest BCUT2D eigenvalue weighted by atomic mass is 9.77. The van der Waals surface area contributed by atoms with Gasteiger partial charge in [0.25, 0.3) is 11.8 Å². The molecule has 0 heterocycles. The van der Waals surface area contributed by atoms with Crippen LogP contribution in [-0.2, 0) is 0 Å². The number of benzene rings is 7. The molecule has 7 aromatic carbocycles. The van der Waals surface area contributed by atoms with Crippen molar-refractivity contribution >= 4 is 78.0 Å². The third-order valence-electron chi connectivity index (χ3n) is 16.3. The molecule has 0 spiro atoms. The van der Waals surface area contributed by atoms with Crippen molar-refractivity contribution in [1.29, 1.82) is 0 Å². The second-order valence-corrected chi connectivity index (χ2v) is 22.6. The summed E-state index contributed by atoms with van der Waals surface area (Å²) in [6, 6.07) is 23.2. The topological polar surface area (TPSA) is 187 Å². The summed E-state index contributed by atoms with van der Waals surface area (Å²) < 4.78 is 24.3. The van der Waals surface area contributed by atoms with Crippen molar-refractivity contribution in [3.8, 4) is 23.0 Å². The van der Waals surface area contributed by atoms with E-state index < -0.39 is 12.1 Å². The normalized spacial score (nSPS) is 13.5. The maximum atomic E-state index is 14.3. The Bertz CT molecular complexity index is 3070. The predicted molar refractivity (Wildman–Crippen MR) is 334 cm³/mol. The van der Waals surface area contributed by atoms with Crippen LogP contribution in [0.15, 0.2) is 84.9 Å². The number of nitrogens with one attached hydrogen (secondary N) is 4. The Morgan fingerprint density at radius 1 is 0.345 bits per heavy atom. The monoisotopic (exact) mass is 1140 g/mol. The molecule has 2 amide bonds. The molecule has 4 N–H and O–H groups in total. The van der Waals surface area contributed by atoms with Crippen molar-refractivity contribution in [2.45, 2.75) is 155 Å². The van der Waals surface area contributed by atoms with E-state index in [4.69, 9.17) is 18.9 Å². The Kier molecular flexibility index (Phi) is 21.8. The summed E-state index contributed by atoms with van der Waals surface area (Å²) in [4.78, 5) is 84.3. The molecule has 14 nitrogen and oxygen atoms in total. The average molecular weight is 1140 g/mol. The minimum absolute atomic E-state index is 0.265. The Balaban J connectivity index is 0.825. The fraction of sp³-hybridized carbons (Fsp3) is 0.457. The quantitative estimate of drug-likeness (QED) is 0.0126. The van der Waals surface area contributed by atoms with E-state index in [1.165, 1.54) is 0 Å². The highest BCUT2D eigenvalue weighted by molar-refractivity contribution is 6.43. The number of hydrogen-bond acceptors (Lipinski definition) is 12. The molecule has 0 bridgehead atoms. The maximum Gasteiger partial charge on any atom is 0.251 e. The molecule has 0 fully saturated rings. The highest BCUT2D eigenvalue weighted by atomic mass is 16.5. The first kappa shape index (κ1) is 61.1. The van der Waals surface area contributed by atoms with E-state index in [2.05, 4.69) is 49.0 Å². The third-order valence-corrected chi connectivity index (χ3v) is 16.3. The number of carbonyl (C=O) groups is 6. The lowest BCUT2D eigenvalue weighted by Crippen LogP contribution is -2.46. The number of ketones is 4. The minimum Gasteiger partial charge on any atom is -0.493 e. The van der Waals surface area contributed by atoms with Crippen molar-refractivity contribution in [1.82, 2.24) is 21.3 Å². The fourth-order valence-electron chi connectivity index (χ4n) is 11.8. The molecule has 0 radical (unpaired) electrons. The lowest BCUT2D eigenvalue weighted by Gasteiger charge is -2.28. The molecule has 0 atom stereocenters. The number of amides is 2. The van der Waals surface area contributed by atoms with Crippen molar-refractivity contribution in [2.24, 2.45) is 0 Å². The van der Waals surface area contributed by atoms with Crippen molar-refractivity contribution in [3.05, 3.63) is 118 Å². The van der Waals surface area contributed by atoms with Crippen molar-refractivity contribution in [2.75, 3.05) is 52.6 Å². The van der Waals surface area contributed by atoms with Crippen LogP contribution in [-0.4, -0.2) is 99.6 Å². The molecule has 7 aromatic rings. The van der Waals surface area contributed by atoms with Gasteiger partial charge in [-0.1, -0.05) is 153 Å². The van der Waals surface area contributed by atoms with Gasteiger partial charge in [-0.25, -0.2) is 0 Å². The van der Waals surface area contributed by atoms with E-state index in [0.717, 1.165) is 135 Å². The van der Waals surface area contributed by atoms with E-state index in [0.29, 0.717) is 133 Å². The second-order valence-electron chi connectivity index (χ2n) is 22.6. The van der Waals surface area contributed by atoms with E-state index >= 15 is 0 Å². The molecule has 14 heteroatoms. The zero-order valence-corrected chi connectivity index (χ0v) is 49.7. The molecule has 0 aliphatic heterocycles. The first-order valence-electron chi connectivity index (χ1n) is 31.3. The van der Waals surface area contributed by atoms with Crippen LogP contribution in [0.2, 0.25) is 0 Å². The Morgan fingerprint density at radius 3 is 0.905 bits per heavy atom. The highest BCUT2D eigenvalue weighted by Gasteiger charge is 2.39. The van der Waals surface area contributed by atoms with E-state index in [1.807, 2.05) is 36.4 Å². The van der Waals surface area contributed by atoms with Crippen LogP contribution in [0.1, 0.15) is 205 Å².